The van der Waals surface area contributed by atoms with Crippen LogP contribution < -0.4 is 5.32 Å². The number of rotatable bonds is 9. The largest absolute Gasteiger partial charge is 0.383 e. The van der Waals surface area contributed by atoms with Crippen LogP contribution in [0.1, 0.15) is 73.7 Å². The Bertz CT molecular complexity index is 1020. The molecule has 3 saturated heterocycles. The summed E-state index contributed by atoms with van der Waals surface area (Å²) in [7, 11) is 1.74. The van der Waals surface area contributed by atoms with Gasteiger partial charge in [0.2, 0.25) is 5.91 Å². The van der Waals surface area contributed by atoms with E-state index in [2.05, 4.69) is 22.3 Å². The lowest BCUT2D eigenvalue weighted by Crippen LogP contribution is -2.62. The molecule has 0 aromatic heterocycles. The molecule has 3 aliphatic heterocycles. The topological polar surface area (TPSA) is 97.4 Å². The van der Waals surface area contributed by atoms with Gasteiger partial charge in [-0.05, 0) is 69.3 Å². The van der Waals surface area contributed by atoms with Crippen LogP contribution in [0.25, 0.3) is 0 Å². The summed E-state index contributed by atoms with van der Waals surface area (Å²) >= 11 is 0. The molecule has 1 aromatic rings. The van der Waals surface area contributed by atoms with Gasteiger partial charge in [0.25, 0.3) is 5.91 Å². The van der Waals surface area contributed by atoms with Gasteiger partial charge >= 0.3 is 0 Å². The van der Waals surface area contributed by atoms with Crippen LogP contribution in [0, 0.1) is 0 Å². The molecule has 0 spiro atoms. The number of nitrogens with zero attached hydrogens (tertiary/aromatic N) is 2. The lowest BCUT2D eigenvalue weighted by atomic mass is 9.80. The van der Waals surface area contributed by atoms with Crippen LogP contribution in [-0.4, -0.2) is 104 Å². The fourth-order valence-corrected chi connectivity index (χ4v) is 6.91. The monoisotopic (exact) mass is 541 g/mol. The lowest BCUT2D eigenvalue weighted by molar-refractivity contribution is -0.143. The maximum atomic E-state index is 14.1. The molecule has 4 fully saturated rings. The molecule has 2 amide bonds. The van der Waals surface area contributed by atoms with Crippen molar-refractivity contribution >= 4 is 17.6 Å². The summed E-state index contributed by atoms with van der Waals surface area (Å²) in [4.78, 5) is 44.4. The van der Waals surface area contributed by atoms with E-state index in [9.17, 15) is 14.4 Å². The van der Waals surface area contributed by atoms with Gasteiger partial charge in [0.1, 0.15) is 30.4 Å². The molecule has 5 rings (SSSR count). The van der Waals surface area contributed by atoms with Crippen LogP contribution in [0.4, 0.5) is 0 Å². The minimum atomic E-state index is -1.02. The van der Waals surface area contributed by atoms with E-state index in [1.807, 2.05) is 19.1 Å². The van der Waals surface area contributed by atoms with E-state index in [1.165, 1.54) is 5.56 Å². The minimum absolute atomic E-state index is 0.000572. The number of methoxy groups -OCH3 is 1. The zero-order valence-corrected chi connectivity index (χ0v) is 23.4. The van der Waals surface area contributed by atoms with Crippen molar-refractivity contribution in [1.82, 2.24) is 15.1 Å². The number of nitrogens with one attached hydrogen (secondary N) is 1. The molecule has 1 saturated carbocycles. The van der Waals surface area contributed by atoms with Crippen molar-refractivity contribution in [2.75, 3.05) is 53.1 Å². The number of hydrogen-bond donors (Lipinski definition) is 1. The second-order valence-corrected chi connectivity index (χ2v) is 11.5. The number of benzene rings is 1. The Morgan fingerprint density at radius 1 is 1.10 bits per heavy atom. The summed E-state index contributed by atoms with van der Waals surface area (Å²) in [5, 5.41) is 3.15. The zero-order chi connectivity index (χ0) is 27.4. The van der Waals surface area contributed by atoms with Crippen molar-refractivity contribution in [2.24, 2.45) is 0 Å². The molecule has 3 heterocycles. The molecule has 0 bridgehead atoms. The van der Waals surface area contributed by atoms with E-state index in [1.54, 1.807) is 12.0 Å². The third-order valence-electron chi connectivity index (χ3n) is 9.09. The Kier molecular flexibility index (Phi) is 9.01. The third kappa shape index (κ3) is 5.92. The van der Waals surface area contributed by atoms with Gasteiger partial charge in [0.05, 0.1) is 13.2 Å². The molecule has 1 aromatic carbocycles. The van der Waals surface area contributed by atoms with Gasteiger partial charge in [-0.3, -0.25) is 14.4 Å². The number of fused-ring (bicyclic) bond motifs is 1. The molecule has 3 atom stereocenters. The fraction of sp³-hybridized carbons (Fsp3) is 0.700. The first-order chi connectivity index (χ1) is 19.0. The SMILES string of the molecule is CCO[C@H]1CN(C(=O)C2(NC(=O)c3ccc(C4CCN(CCOC)CC4)cc3)CCCCC2)[C@@H]2C(=O)CO[C@H]12. The Balaban J connectivity index is 1.27. The van der Waals surface area contributed by atoms with Gasteiger partial charge in [0.15, 0.2) is 5.78 Å². The highest BCUT2D eigenvalue weighted by Gasteiger charge is 2.56. The van der Waals surface area contributed by atoms with Crippen LogP contribution in [0.5, 0.6) is 0 Å². The number of ether oxygens (including phenoxy) is 3. The Labute approximate surface area is 231 Å². The van der Waals surface area contributed by atoms with Gasteiger partial charge in [0, 0.05) is 25.8 Å². The maximum Gasteiger partial charge on any atom is 0.252 e. The van der Waals surface area contributed by atoms with Crippen molar-refractivity contribution in [1.29, 1.82) is 0 Å². The predicted molar refractivity (Wildman–Crippen MR) is 146 cm³/mol. The quantitative estimate of drug-likeness (QED) is 0.513. The molecule has 4 aliphatic rings. The third-order valence-corrected chi connectivity index (χ3v) is 9.09. The summed E-state index contributed by atoms with van der Waals surface area (Å²) in [5.74, 6) is -0.0200. The second-order valence-electron chi connectivity index (χ2n) is 11.5. The van der Waals surface area contributed by atoms with Crippen molar-refractivity contribution in [3.8, 4) is 0 Å². The molecule has 9 nitrogen and oxygen atoms in total. The number of Topliss-reactive ketones (excluding diaryl/α,β-unsaturated/α-hetero) is 1. The molecular weight excluding hydrogens is 498 g/mol. The fourth-order valence-electron chi connectivity index (χ4n) is 6.91. The van der Waals surface area contributed by atoms with Crippen LogP contribution in [-0.2, 0) is 23.8 Å². The standard InChI is InChI=1S/C30H43N3O6/c1-3-38-25-19-33(26-24(34)20-39-27(25)26)29(36)30(13-5-4-6-14-30)31-28(35)23-9-7-21(8-10-23)22-11-15-32(16-12-22)17-18-37-2/h7-10,22,25-27H,3-6,11-20H2,1-2H3,(H,31,35)/t25-,26+,27+/m0/s1. The van der Waals surface area contributed by atoms with Crippen LogP contribution in [0.3, 0.4) is 0 Å². The zero-order valence-electron chi connectivity index (χ0n) is 23.4. The minimum Gasteiger partial charge on any atom is -0.383 e. The molecule has 214 valence electrons. The van der Waals surface area contributed by atoms with E-state index in [4.69, 9.17) is 14.2 Å². The molecular formula is C30H43N3O6. The molecule has 1 N–H and O–H groups in total. The van der Waals surface area contributed by atoms with Crippen LogP contribution in [0.2, 0.25) is 0 Å². The van der Waals surface area contributed by atoms with E-state index >= 15 is 0 Å². The molecule has 1 aliphatic carbocycles. The van der Waals surface area contributed by atoms with E-state index in [-0.39, 0.29) is 30.3 Å². The van der Waals surface area contributed by atoms with E-state index in [0.29, 0.717) is 37.5 Å². The predicted octanol–water partition coefficient (Wildman–Crippen LogP) is 2.53. The highest BCUT2D eigenvalue weighted by Crippen LogP contribution is 2.36. The van der Waals surface area contributed by atoms with Crippen LogP contribution >= 0.6 is 0 Å². The summed E-state index contributed by atoms with van der Waals surface area (Å²) in [5.41, 5.74) is 0.796. The van der Waals surface area contributed by atoms with Crippen molar-refractivity contribution < 1.29 is 28.6 Å². The Morgan fingerprint density at radius 3 is 2.49 bits per heavy atom. The normalized spacial score (nSPS) is 27.5. The van der Waals surface area contributed by atoms with Gasteiger partial charge < -0.3 is 29.3 Å². The van der Waals surface area contributed by atoms with Crippen molar-refractivity contribution in [3.63, 3.8) is 0 Å². The van der Waals surface area contributed by atoms with Gasteiger partial charge in [-0.15, -0.1) is 0 Å². The Hall–Kier alpha value is -2.33. The highest BCUT2D eigenvalue weighted by atomic mass is 16.6. The van der Waals surface area contributed by atoms with Gasteiger partial charge in [-0.2, -0.15) is 0 Å². The summed E-state index contributed by atoms with van der Waals surface area (Å²) in [6.07, 6.45) is 5.30. The molecule has 0 unspecified atom stereocenters. The number of likely N-dealkylation sites (tertiary alicyclic amines) is 2. The average Bonchev–Trinajstić information content (AvgIpc) is 3.53. The molecule has 9 heteroatoms. The number of piperidine rings is 1. The number of ketones is 1. The van der Waals surface area contributed by atoms with Gasteiger partial charge in [-0.25, -0.2) is 0 Å². The van der Waals surface area contributed by atoms with Crippen molar-refractivity contribution in [3.05, 3.63) is 35.4 Å². The van der Waals surface area contributed by atoms with Crippen molar-refractivity contribution in [2.45, 2.75) is 81.6 Å². The summed E-state index contributed by atoms with van der Waals surface area (Å²) in [6, 6.07) is 7.26. The number of hydrogen-bond acceptors (Lipinski definition) is 7. The van der Waals surface area contributed by atoms with Crippen LogP contribution in [0.15, 0.2) is 24.3 Å². The smallest absolute Gasteiger partial charge is 0.252 e. The number of amides is 2. The second kappa shape index (κ2) is 12.5. The summed E-state index contributed by atoms with van der Waals surface area (Å²) in [6.45, 7) is 6.52. The Morgan fingerprint density at radius 2 is 1.82 bits per heavy atom. The lowest BCUT2D eigenvalue weighted by Gasteiger charge is -2.40. The van der Waals surface area contributed by atoms with E-state index < -0.39 is 17.7 Å². The first kappa shape index (κ1) is 28.2. The number of carbonyl (C=O) groups is 3. The average molecular weight is 542 g/mol. The maximum absolute atomic E-state index is 14.1. The number of carbonyl (C=O) groups excluding carboxylic acids is 3. The molecule has 0 radical (unpaired) electrons. The van der Waals surface area contributed by atoms with E-state index in [0.717, 1.165) is 58.3 Å². The first-order valence-corrected chi connectivity index (χ1v) is 14.7. The molecule has 39 heavy (non-hydrogen) atoms. The summed E-state index contributed by atoms with van der Waals surface area (Å²) < 4.78 is 16.8. The first-order valence-electron chi connectivity index (χ1n) is 14.7. The van der Waals surface area contributed by atoms with Gasteiger partial charge in [-0.1, -0.05) is 31.4 Å². The highest BCUT2D eigenvalue weighted by molar-refractivity contribution is 6.01.